The molecule has 0 saturated heterocycles. The van der Waals surface area contributed by atoms with Crippen molar-refractivity contribution in [3.63, 3.8) is 0 Å². The number of nitrogens with two attached hydrogens (primary N) is 2. The fourth-order valence-electron chi connectivity index (χ4n) is 1.34. The zero-order chi connectivity index (χ0) is 11.2. The van der Waals surface area contributed by atoms with Gasteiger partial charge in [0.05, 0.1) is 6.10 Å². The molecular formula is C9H20N2O3. The highest BCUT2D eigenvalue weighted by Gasteiger charge is 2.39. The minimum absolute atomic E-state index is 0.258. The van der Waals surface area contributed by atoms with E-state index in [9.17, 15) is 9.90 Å². The van der Waals surface area contributed by atoms with Gasteiger partial charge in [-0.2, -0.15) is 0 Å². The molecule has 5 nitrogen and oxygen atoms in total. The first kappa shape index (κ1) is 13.4. The highest BCUT2D eigenvalue weighted by atomic mass is 16.4. The Labute approximate surface area is 84.1 Å². The second-order valence-electron chi connectivity index (χ2n) is 3.52. The fourth-order valence-corrected chi connectivity index (χ4v) is 1.34. The molecular weight excluding hydrogens is 184 g/mol. The van der Waals surface area contributed by atoms with E-state index in [2.05, 4.69) is 0 Å². The number of unbranched alkanes of at least 4 members (excludes halogenated alkanes) is 1. The third-order valence-electron chi connectivity index (χ3n) is 2.42. The summed E-state index contributed by atoms with van der Waals surface area (Å²) in [4.78, 5) is 10.9. The normalized spacial score (nSPS) is 17.4. The Bertz CT molecular complexity index is 187. The Hall–Kier alpha value is -0.650. The van der Waals surface area contributed by atoms with Crippen LogP contribution in [0.3, 0.4) is 0 Å². The summed E-state index contributed by atoms with van der Waals surface area (Å²) in [6.07, 6.45) is 0.941. The summed E-state index contributed by atoms with van der Waals surface area (Å²) in [6, 6.07) is 0. The predicted octanol–water partition coefficient (Wildman–Crippen LogP) is -0.332. The van der Waals surface area contributed by atoms with Gasteiger partial charge in [-0.15, -0.1) is 0 Å². The third kappa shape index (κ3) is 3.25. The smallest absolute Gasteiger partial charge is 0.326 e. The van der Waals surface area contributed by atoms with Crippen LogP contribution in [-0.2, 0) is 4.79 Å². The molecule has 0 aromatic rings. The lowest BCUT2D eigenvalue weighted by Crippen LogP contribution is -2.57. The molecule has 14 heavy (non-hydrogen) atoms. The van der Waals surface area contributed by atoms with Crippen LogP contribution >= 0.6 is 0 Å². The lowest BCUT2D eigenvalue weighted by molar-refractivity contribution is -0.148. The summed E-state index contributed by atoms with van der Waals surface area (Å²) in [6.45, 7) is 2.22. The van der Waals surface area contributed by atoms with Crippen LogP contribution in [0.1, 0.15) is 32.6 Å². The Morgan fingerprint density at radius 2 is 2.07 bits per heavy atom. The topological polar surface area (TPSA) is 110 Å². The van der Waals surface area contributed by atoms with Crippen molar-refractivity contribution >= 4 is 5.97 Å². The minimum atomic E-state index is -1.52. The summed E-state index contributed by atoms with van der Waals surface area (Å²) in [5, 5.41) is 18.4. The quantitative estimate of drug-likeness (QED) is 0.424. The first-order valence-electron chi connectivity index (χ1n) is 4.89. The van der Waals surface area contributed by atoms with Crippen LogP contribution in [0.5, 0.6) is 0 Å². The maximum atomic E-state index is 10.9. The van der Waals surface area contributed by atoms with E-state index in [0.717, 1.165) is 6.42 Å². The van der Waals surface area contributed by atoms with Crippen molar-refractivity contribution in [2.24, 2.45) is 11.5 Å². The van der Waals surface area contributed by atoms with E-state index in [1.54, 1.807) is 6.92 Å². The Morgan fingerprint density at radius 3 is 2.43 bits per heavy atom. The van der Waals surface area contributed by atoms with Crippen molar-refractivity contribution in [1.29, 1.82) is 0 Å². The van der Waals surface area contributed by atoms with Crippen molar-refractivity contribution in [3.8, 4) is 0 Å². The van der Waals surface area contributed by atoms with E-state index in [4.69, 9.17) is 16.6 Å². The largest absolute Gasteiger partial charge is 0.480 e. The van der Waals surface area contributed by atoms with Gasteiger partial charge >= 0.3 is 5.97 Å². The van der Waals surface area contributed by atoms with Gasteiger partial charge in [-0.25, -0.2) is 0 Å². The zero-order valence-electron chi connectivity index (χ0n) is 8.57. The van der Waals surface area contributed by atoms with Crippen LogP contribution in [0, 0.1) is 0 Å². The number of hydrogen-bond donors (Lipinski definition) is 4. The van der Waals surface area contributed by atoms with Crippen LogP contribution in [-0.4, -0.2) is 34.4 Å². The summed E-state index contributed by atoms with van der Waals surface area (Å²) >= 11 is 0. The second-order valence-corrected chi connectivity index (χ2v) is 3.52. The molecule has 0 aliphatic carbocycles. The van der Waals surface area contributed by atoms with Crippen LogP contribution in [0.4, 0.5) is 0 Å². The second kappa shape index (κ2) is 5.95. The first-order chi connectivity index (χ1) is 6.49. The summed E-state index contributed by atoms with van der Waals surface area (Å²) < 4.78 is 0. The van der Waals surface area contributed by atoms with Crippen LogP contribution in [0.25, 0.3) is 0 Å². The average Bonchev–Trinajstić information content (AvgIpc) is 2.16. The summed E-state index contributed by atoms with van der Waals surface area (Å²) in [5.41, 5.74) is 9.41. The maximum absolute atomic E-state index is 10.9. The molecule has 0 rings (SSSR count). The molecule has 2 unspecified atom stereocenters. The number of carboxylic acid groups (broad SMARTS) is 1. The number of aliphatic carboxylic acids is 1. The van der Waals surface area contributed by atoms with Crippen molar-refractivity contribution in [1.82, 2.24) is 0 Å². The first-order valence-corrected chi connectivity index (χ1v) is 4.89. The SMILES string of the molecule is CCC(O)C(N)(CCCCN)C(=O)O. The predicted molar refractivity (Wildman–Crippen MR) is 53.8 cm³/mol. The third-order valence-corrected chi connectivity index (χ3v) is 2.42. The van der Waals surface area contributed by atoms with Crippen LogP contribution < -0.4 is 11.5 Å². The molecule has 0 fully saturated rings. The molecule has 0 heterocycles. The fraction of sp³-hybridized carbons (Fsp3) is 0.889. The van der Waals surface area contributed by atoms with Gasteiger partial charge in [-0.1, -0.05) is 6.92 Å². The van der Waals surface area contributed by atoms with E-state index in [0.29, 0.717) is 19.4 Å². The van der Waals surface area contributed by atoms with Crippen molar-refractivity contribution in [2.45, 2.75) is 44.2 Å². The minimum Gasteiger partial charge on any atom is -0.480 e. The van der Waals surface area contributed by atoms with Gasteiger partial charge in [-0.3, -0.25) is 4.79 Å². The van der Waals surface area contributed by atoms with Gasteiger partial charge < -0.3 is 21.7 Å². The van der Waals surface area contributed by atoms with E-state index in [1.165, 1.54) is 0 Å². The number of carbonyl (C=O) groups is 1. The lowest BCUT2D eigenvalue weighted by Gasteiger charge is -2.29. The molecule has 0 amide bonds. The molecule has 0 aromatic heterocycles. The monoisotopic (exact) mass is 204 g/mol. The van der Waals surface area contributed by atoms with Gasteiger partial charge in [0.1, 0.15) is 5.54 Å². The van der Waals surface area contributed by atoms with E-state index < -0.39 is 17.6 Å². The average molecular weight is 204 g/mol. The molecule has 5 heteroatoms. The molecule has 0 bridgehead atoms. The molecule has 84 valence electrons. The molecule has 0 saturated carbocycles. The molecule has 0 aliphatic rings. The van der Waals surface area contributed by atoms with Gasteiger partial charge in [0.15, 0.2) is 0 Å². The molecule has 0 radical (unpaired) electrons. The van der Waals surface area contributed by atoms with Gasteiger partial charge in [-0.05, 0) is 32.2 Å². The van der Waals surface area contributed by atoms with E-state index in [1.807, 2.05) is 0 Å². The Kier molecular flexibility index (Phi) is 5.68. The standard InChI is InChI=1S/C9H20N2O3/c1-2-7(12)9(11,8(13)14)5-3-4-6-10/h7,12H,2-6,10-11H2,1H3,(H,13,14). The van der Waals surface area contributed by atoms with Crippen molar-refractivity contribution in [3.05, 3.63) is 0 Å². The molecule has 0 spiro atoms. The van der Waals surface area contributed by atoms with Crippen LogP contribution in [0.15, 0.2) is 0 Å². The highest BCUT2D eigenvalue weighted by molar-refractivity contribution is 5.79. The molecule has 0 aliphatic heterocycles. The maximum Gasteiger partial charge on any atom is 0.326 e. The van der Waals surface area contributed by atoms with Gasteiger partial charge in [0.2, 0.25) is 0 Å². The summed E-state index contributed by atoms with van der Waals surface area (Å²) in [7, 11) is 0. The number of aliphatic hydroxyl groups excluding tert-OH is 1. The zero-order valence-corrected chi connectivity index (χ0v) is 8.57. The van der Waals surface area contributed by atoms with E-state index in [-0.39, 0.29) is 6.42 Å². The highest BCUT2D eigenvalue weighted by Crippen LogP contribution is 2.18. The number of rotatable bonds is 7. The Balaban J connectivity index is 4.32. The lowest BCUT2D eigenvalue weighted by atomic mass is 9.86. The number of hydrogen-bond acceptors (Lipinski definition) is 4. The summed E-state index contributed by atoms with van der Waals surface area (Å²) in [5.74, 6) is -1.15. The molecule has 0 aromatic carbocycles. The molecule has 2 atom stereocenters. The van der Waals surface area contributed by atoms with Gasteiger partial charge in [0, 0.05) is 0 Å². The van der Waals surface area contributed by atoms with Crippen molar-refractivity contribution < 1.29 is 15.0 Å². The molecule has 6 N–H and O–H groups in total. The number of carboxylic acids is 1. The number of aliphatic hydroxyl groups is 1. The van der Waals surface area contributed by atoms with Gasteiger partial charge in [0.25, 0.3) is 0 Å². The Morgan fingerprint density at radius 1 is 1.50 bits per heavy atom. The van der Waals surface area contributed by atoms with E-state index >= 15 is 0 Å². The van der Waals surface area contributed by atoms with Crippen LogP contribution in [0.2, 0.25) is 0 Å². The van der Waals surface area contributed by atoms with Crippen molar-refractivity contribution in [2.75, 3.05) is 6.54 Å².